The Morgan fingerprint density at radius 3 is 2.48 bits per heavy atom. The fourth-order valence-corrected chi connectivity index (χ4v) is 3.38. The zero-order chi connectivity index (χ0) is 15.2. The van der Waals surface area contributed by atoms with E-state index in [0.717, 1.165) is 28.4 Å². The average molecular weight is 325 g/mol. The summed E-state index contributed by atoms with van der Waals surface area (Å²) in [4.78, 5) is 7.08. The maximum atomic E-state index is 7.15. The summed E-state index contributed by atoms with van der Waals surface area (Å²) in [5, 5.41) is 4.99. The minimum atomic E-state index is 0.489. The lowest BCUT2D eigenvalue weighted by atomic mass is 10.3. The van der Waals surface area contributed by atoms with Crippen LogP contribution in [0.1, 0.15) is 39.5 Å². The van der Waals surface area contributed by atoms with Crippen LogP contribution in [-0.4, -0.2) is 18.1 Å². The lowest BCUT2D eigenvalue weighted by molar-refractivity contribution is 0.677. The molecule has 0 bridgehead atoms. The van der Waals surface area contributed by atoms with Crippen molar-refractivity contribution in [1.29, 1.82) is 5.53 Å². The second kappa shape index (κ2) is 7.71. The van der Waals surface area contributed by atoms with Gasteiger partial charge < -0.3 is 4.90 Å². The predicted octanol–water partition coefficient (Wildman–Crippen LogP) is 6.02. The van der Waals surface area contributed by atoms with Crippen LogP contribution in [0.15, 0.2) is 17.2 Å². The van der Waals surface area contributed by atoms with E-state index in [1.165, 1.54) is 25.7 Å². The highest BCUT2D eigenvalue weighted by Crippen LogP contribution is 2.36. The molecule has 6 heteroatoms. The maximum absolute atomic E-state index is 7.15. The zero-order valence-corrected chi connectivity index (χ0v) is 14.1. The highest BCUT2D eigenvalue weighted by Gasteiger charge is 2.13. The number of halogens is 1. The molecule has 4 nitrogen and oxygen atoms in total. The van der Waals surface area contributed by atoms with Gasteiger partial charge in [0.2, 0.25) is 0 Å². The Hall–Kier alpha value is -1.20. The van der Waals surface area contributed by atoms with Gasteiger partial charge in [-0.1, -0.05) is 49.6 Å². The molecule has 0 spiro atoms. The molecule has 21 heavy (non-hydrogen) atoms. The van der Waals surface area contributed by atoms with Crippen molar-refractivity contribution in [3.8, 4) is 0 Å². The first-order valence-electron chi connectivity index (χ1n) is 7.42. The molecule has 1 aromatic heterocycles. The second-order valence-electron chi connectivity index (χ2n) is 5.07. The number of aromatic nitrogens is 1. The van der Waals surface area contributed by atoms with Crippen molar-refractivity contribution in [3.63, 3.8) is 0 Å². The Morgan fingerprint density at radius 1 is 1.24 bits per heavy atom. The monoisotopic (exact) mass is 324 g/mol. The summed E-state index contributed by atoms with van der Waals surface area (Å²) >= 11 is 7.75. The van der Waals surface area contributed by atoms with Crippen molar-refractivity contribution >= 4 is 44.0 Å². The summed E-state index contributed by atoms with van der Waals surface area (Å²) in [5.74, 6) is 0. The lowest BCUT2D eigenvalue weighted by Crippen LogP contribution is -2.25. The minimum Gasteiger partial charge on any atom is -0.348 e. The molecule has 0 fully saturated rings. The third kappa shape index (κ3) is 3.92. The van der Waals surface area contributed by atoms with Crippen molar-refractivity contribution in [2.45, 2.75) is 39.5 Å². The van der Waals surface area contributed by atoms with E-state index in [2.05, 4.69) is 23.9 Å². The molecule has 2 aromatic rings. The molecule has 114 valence electrons. The fraction of sp³-hybridized carbons (Fsp3) is 0.533. The van der Waals surface area contributed by atoms with Gasteiger partial charge in [-0.3, -0.25) is 0 Å². The molecular formula is C15H21ClN4S. The van der Waals surface area contributed by atoms with Crippen molar-refractivity contribution in [2.75, 3.05) is 18.0 Å². The summed E-state index contributed by atoms with van der Waals surface area (Å²) < 4.78 is 1.04. The largest absolute Gasteiger partial charge is 0.348 e. The topological polar surface area (TPSA) is 52.3 Å². The van der Waals surface area contributed by atoms with Crippen LogP contribution in [0.3, 0.4) is 0 Å². The Labute approximate surface area is 134 Å². The van der Waals surface area contributed by atoms with Gasteiger partial charge in [-0.25, -0.2) is 10.5 Å². The molecule has 0 saturated carbocycles. The Kier molecular flexibility index (Phi) is 5.94. The van der Waals surface area contributed by atoms with Crippen molar-refractivity contribution < 1.29 is 0 Å². The Balaban J connectivity index is 2.31. The Morgan fingerprint density at radius 2 is 1.90 bits per heavy atom. The van der Waals surface area contributed by atoms with Crippen LogP contribution in [0.5, 0.6) is 0 Å². The summed E-state index contributed by atoms with van der Waals surface area (Å²) in [6.07, 6.45) is 4.71. The van der Waals surface area contributed by atoms with Gasteiger partial charge >= 0.3 is 0 Å². The number of rotatable bonds is 8. The Bertz CT molecular complexity index is 603. The van der Waals surface area contributed by atoms with E-state index < -0.39 is 0 Å². The highest BCUT2D eigenvalue weighted by atomic mass is 35.5. The van der Waals surface area contributed by atoms with Gasteiger partial charge in [0.1, 0.15) is 5.69 Å². The number of nitrogens with one attached hydrogen (secondary N) is 1. The lowest BCUT2D eigenvalue weighted by Gasteiger charge is -2.21. The first-order valence-corrected chi connectivity index (χ1v) is 8.61. The molecule has 1 N–H and O–H groups in total. The molecule has 0 saturated heterocycles. The van der Waals surface area contributed by atoms with Crippen molar-refractivity contribution in [3.05, 3.63) is 17.2 Å². The SMILES string of the molecule is CCCCN(CCCC)c1nc2cc(Cl)c(N=N)cc2s1. The third-order valence-electron chi connectivity index (χ3n) is 3.40. The van der Waals surface area contributed by atoms with Crippen LogP contribution in [0.4, 0.5) is 10.8 Å². The van der Waals surface area contributed by atoms with Gasteiger partial charge in [0.15, 0.2) is 5.13 Å². The number of hydrogen-bond donors (Lipinski definition) is 1. The van der Waals surface area contributed by atoms with E-state index in [0.29, 0.717) is 10.7 Å². The number of fused-ring (bicyclic) bond motifs is 1. The molecule has 0 amide bonds. The van der Waals surface area contributed by atoms with Gasteiger partial charge in [-0.15, -0.1) is 0 Å². The second-order valence-corrected chi connectivity index (χ2v) is 6.49. The standard InChI is InChI=1S/C15H21ClN4S/c1-3-5-7-20(8-6-4-2)15-18-13-9-11(16)12(19-17)10-14(13)21-15/h9-10,17H,3-8H2,1-2H3. The number of hydrogen-bond acceptors (Lipinski definition) is 5. The van der Waals surface area contributed by atoms with E-state index >= 15 is 0 Å². The number of unbranched alkanes of at least 4 members (excludes halogenated alkanes) is 2. The normalized spacial score (nSPS) is 11.0. The van der Waals surface area contributed by atoms with E-state index in [1.807, 2.05) is 12.1 Å². The summed E-state index contributed by atoms with van der Waals surface area (Å²) in [7, 11) is 0. The van der Waals surface area contributed by atoms with E-state index in [1.54, 1.807) is 11.3 Å². The van der Waals surface area contributed by atoms with E-state index in [4.69, 9.17) is 22.1 Å². The van der Waals surface area contributed by atoms with Crippen LogP contribution in [0, 0.1) is 5.53 Å². The fourth-order valence-electron chi connectivity index (χ4n) is 2.15. The molecule has 1 aromatic carbocycles. The molecule has 0 aliphatic heterocycles. The number of anilines is 1. The quantitative estimate of drug-likeness (QED) is 0.604. The molecular weight excluding hydrogens is 304 g/mol. The molecule has 0 aliphatic rings. The first-order chi connectivity index (χ1) is 10.2. The van der Waals surface area contributed by atoms with Crippen molar-refractivity contribution in [2.24, 2.45) is 5.11 Å². The third-order valence-corrected chi connectivity index (χ3v) is 4.78. The molecule has 0 atom stereocenters. The maximum Gasteiger partial charge on any atom is 0.186 e. The van der Waals surface area contributed by atoms with Gasteiger partial charge in [0.05, 0.1) is 15.2 Å². The van der Waals surface area contributed by atoms with Crippen molar-refractivity contribution in [1.82, 2.24) is 4.98 Å². The molecule has 2 rings (SSSR count). The van der Waals surface area contributed by atoms with E-state index in [9.17, 15) is 0 Å². The number of thiazole rings is 1. The summed E-state index contributed by atoms with van der Waals surface area (Å²) in [6.45, 7) is 6.50. The first kappa shape index (κ1) is 16.2. The van der Waals surface area contributed by atoms with E-state index in [-0.39, 0.29) is 0 Å². The number of nitrogens with zero attached hydrogens (tertiary/aromatic N) is 3. The predicted molar refractivity (Wildman–Crippen MR) is 91.5 cm³/mol. The van der Waals surface area contributed by atoms with Crippen LogP contribution >= 0.6 is 22.9 Å². The molecule has 1 heterocycles. The summed E-state index contributed by atoms with van der Waals surface area (Å²) in [6, 6.07) is 3.66. The van der Waals surface area contributed by atoms with Gasteiger partial charge in [-0.05, 0) is 25.0 Å². The van der Waals surface area contributed by atoms with Crippen LogP contribution in [0.25, 0.3) is 10.2 Å². The molecule has 0 aliphatic carbocycles. The zero-order valence-electron chi connectivity index (χ0n) is 12.5. The van der Waals surface area contributed by atoms with Gasteiger partial charge in [-0.2, -0.15) is 5.11 Å². The number of benzene rings is 1. The van der Waals surface area contributed by atoms with Crippen LogP contribution in [-0.2, 0) is 0 Å². The minimum absolute atomic E-state index is 0.489. The highest BCUT2D eigenvalue weighted by molar-refractivity contribution is 7.22. The summed E-state index contributed by atoms with van der Waals surface area (Å²) in [5.41, 5.74) is 8.55. The molecule has 0 radical (unpaired) electrons. The van der Waals surface area contributed by atoms with Crippen LogP contribution < -0.4 is 4.90 Å². The average Bonchev–Trinajstić information content (AvgIpc) is 2.89. The van der Waals surface area contributed by atoms with Gasteiger partial charge in [0.25, 0.3) is 0 Å². The smallest absolute Gasteiger partial charge is 0.186 e. The van der Waals surface area contributed by atoms with Crippen LogP contribution in [0.2, 0.25) is 5.02 Å². The molecule has 0 unspecified atom stereocenters. The van der Waals surface area contributed by atoms with Gasteiger partial charge in [0, 0.05) is 13.1 Å².